The van der Waals surface area contributed by atoms with Crippen LogP contribution in [0.15, 0.2) is 0 Å². The molecular formula is C13H20FN3O2. The van der Waals surface area contributed by atoms with Gasteiger partial charge in [0.05, 0.1) is 5.92 Å². The van der Waals surface area contributed by atoms with E-state index in [-0.39, 0.29) is 36.4 Å². The number of nitrogens with zero attached hydrogens (tertiary/aromatic N) is 1. The Bertz CT molecular complexity index is 384. The number of amides is 3. The lowest BCUT2D eigenvalue weighted by atomic mass is 9.80. The van der Waals surface area contributed by atoms with E-state index < -0.39 is 6.17 Å². The summed E-state index contributed by atoms with van der Waals surface area (Å²) in [7, 11) is 0. The first-order valence-electron chi connectivity index (χ1n) is 7.15. The number of rotatable bonds is 1. The number of halogens is 1. The number of hydrogen-bond donors (Lipinski definition) is 2. The lowest BCUT2D eigenvalue weighted by Crippen LogP contribution is -2.64. The first-order valence-corrected chi connectivity index (χ1v) is 7.15. The van der Waals surface area contributed by atoms with Crippen molar-refractivity contribution in [3.63, 3.8) is 0 Å². The molecule has 3 fully saturated rings. The van der Waals surface area contributed by atoms with E-state index in [2.05, 4.69) is 10.6 Å². The van der Waals surface area contributed by atoms with Crippen LogP contribution in [0, 0.1) is 5.92 Å². The van der Waals surface area contributed by atoms with Crippen molar-refractivity contribution in [2.75, 3.05) is 13.1 Å². The van der Waals surface area contributed by atoms with E-state index >= 15 is 0 Å². The minimum atomic E-state index is -0.907. The molecule has 0 aromatic carbocycles. The highest BCUT2D eigenvalue weighted by Crippen LogP contribution is 2.32. The van der Waals surface area contributed by atoms with Crippen LogP contribution >= 0.6 is 0 Å². The summed E-state index contributed by atoms with van der Waals surface area (Å²) in [4.78, 5) is 26.0. The molecule has 2 aliphatic heterocycles. The van der Waals surface area contributed by atoms with E-state index in [0.29, 0.717) is 12.8 Å². The van der Waals surface area contributed by atoms with E-state index in [9.17, 15) is 14.0 Å². The fourth-order valence-corrected chi connectivity index (χ4v) is 3.48. The maximum absolute atomic E-state index is 13.5. The highest BCUT2D eigenvalue weighted by Gasteiger charge is 2.46. The predicted molar refractivity (Wildman–Crippen MR) is 67.3 cm³/mol. The van der Waals surface area contributed by atoms with Crippen LogP contribution in [0.5, 0.6) is 0 Å². The van der Waals surface area contributed by atoms with E-state index in [1.165, 1.54) is 4.90 Å². The minimum absolute atomic E-state index is 0.0327. The monoisotopic (exact) mass is 269 g/mol. The van der Waals surface area contributed by atoms with Crippen LogP contribution in [0.2, 0.25) is 0 Å². The standard InChI is InChI=1S/C13H20FN3O2/c14-8-1-2-11-10(7-8)12(18)17(13(19)16-11)9-3-5-15-6-4-9/h8-11,15H,1-7H2,(H,16,19). The summed E-state index contributed by atoms with van der Waals surface area (Å²) in [6.07, 6.45) is 1.94. The average molecular weight is 269 g/mol. The molecule has 3 rings (SSSR count). The zero-order chi connectivity index (χ0) is 13.4. The topological polar surface area (TPSA) is 61.4 Å². The van der Waals surface area contributed by atoms with E-state index in [1.807, 2.05) is 0 Å². The minimum Gasteiger partial charge on any atom is -0.334 e. The first kappa shape index (κ1) is 12.8. The zero-order valence-electron chi connectivity index (χ0n) is 10.9. The van der Waals surface area contributed by atoms with Crippen LogP contribution in [-0.2, 0) is 4.79 Å². The molecule has 0 bridgehead atoms. The Morgan fingerprint density at radius 3 is 2.58 bits per heavy atom. The molecule has 5 nitrogen and oxygen atoms in total. The van der Waals surface area contributed by atoms with E-state index in [0.717, 1.165) is 25.9 Å². The van der Waals surface area contributed by atoms with Crippen molar-refractivity contribution in [2.45, 2.75) is 50.4 Å². The highest BCUT2D eigenvalue weighted by molar-refractivity contribution is 5.99. The Hall–Kier alpha value is -1.17. The molecule has 3 atom stereocenters. The molecule has 6 heteroatoms. The number of imide groups is 1. The molecule has 106 valence electrons. The van der Waals surface area contributed by atoms with Crippen LogP contribution in [0.3, 0.4) is 0 Å². The van der Waals surface area contributed by atoms with Gasteiger partial charge in [-0.3, -0.25) is 9.69 Å². The lowest BCUT2D eigenvalue weighted by molar-refractivity contribution is -0.139. The van der Waals surface area contributed by atoms with Gasteiger partial charge in [0.2, 0.25) is 5.91 Å². The number of piperidine rings is 1. The Morgan fingerprint density at radius 1 is 1.11 bits per heavy atom. The number of carbonyl (C=O) groups excluding carboxylic acids is 2. The van der Waals surface area contributed by atoms with Crippen LogP contribution in [0.1, 0.15) is 32.1 Å². The maximum Gasteiger partial charge on any atom is 0.324 e. The predicted octanol–water partition coefficient (Wildman–Crippen LogP) is 0.797. The molecule has 1 saturated carbocycles. The summed E-state index contributed by atoms with van der Waals surface area (Å²) >= 11 is 0. The molecule has 3 aliphatic rings. The molecule has 19 heavy (non-hydrogen) atoms. The SMILES string of the molecule is O=C1NC2CCC(F)CC2C(=O)N1C1CCNCC1. The normalized spacial score (nSPS) is 36.9. The van der Waals surface area contributed by atoms with Crippen LogP contribution in [0.4, 0.5) is 9.18 Å². The number of urea groups is 1. The molecular weight excluding hydrogens is 249 g/mol. The largest absolute Gasteiger partial charge is 0.334 e. The first-order chi connectivity index (χ1) is 9.16. The van der Waals surface area contributed by atoms with Gasteiger partial charge in [-0.2, -0.15) is 0 Å². The number of carbonyl (C=O) groups is 2. The molecule has 2 N–H and O–H groups in total. The summed E-state index contributed by atoms with van der Waals surface area (Å²) in [5, 5.41) is 6.11. The quantitative estimate of drug-likeness (QED) is 0.740. The van der Waals surface area contributed by atoms with Gasteiger partial charge in [-0.05, 0) is 45.2 Å². The van der Waals surface area contributed by atoms with Gasteiger partial charge < -0.3 is 10.6 Å². The number of nitrogens with one attached hydrogen (secondary N) is 2. The van der Waals surface area contributed by atoms with Crippen molar-refractivity contribution in [2.24, 2.45) is 5.92 Å². The van der Waals surface area contributed by atoms with Crippen molar-refractivity contribution in [1.82, 2.24) is 15.5 Å². The molecule has 0 aromatic rings. The molecule has 3 unspecified atom stereocenters. The second-order valence-electron chi connectivity index (χ2n) is 5.76. The van der Waals surface area contributed by atoms with Crippen molar-refractivity contribution in [3.05, 3.63) is 0 Å². The summed E-state index contributed by atoms with van der Waals surface area (Å²) < 4.78 is 13.5. The summed E-state index contributed by atoms with van der Waals surface area (Å²) in [5.74, 6) is -0.528. The second-order valence-corrected chi connectivity index (χ2v) is 5.76. The van der Waals surface area contributed by atoms with Crippen molar-refractivity contribution >= 4 is 11.9 Å². The lowest BCUT2D eigenvalue weighted by Gasteiger charge is -2.44. The smallest absolute Gasteiger partial charge is 0.324 e. The van der Waals surface area contributed by atoms with Gasteiger partial charge in [0.1, 0.15) is 6.17 Å². The second kappa shape index (κ2) is 5.07. The van der Waals surface area contributed by atoms with Gasteiger partial charge in [0.25, 0.3) is 0 Å². The van der Waals surface area contributed by atoms with Crippen LogP contribution < -0.4 is 10.6 Å². The fraction of sp³-hybridized carbons (Fsp3) is 0.846. The maximum atomic E-state index is 13.5. The molecule has 0 radical (unpaired) electrons. The van der Waals surface area contributed by atoms with Gasteiger partial charge in [-0.25, -0.2) is 9.18 Å². The third kappa shape index (κ3) is 2.33. The van der Waals surface area contributed by atoms with E-state index in [4.69, 9.17) is 0 Å². The van der Waals surface area contributed by atoms with Gasteiger partial charge >= 0.3 is 6.03 Å². The highest BCUT2D eigenvalue weighted by atomic mass is 19.1. The number of hydrogen-bond acceptors (Lipinski definition) is 3. The number of fused-ring (bicyclic) bond motifs is 1. The van der Waals surface area contributed by atoms with Crippen molar-refractivity contribution < 1.29 is 14.0 Å². The average Bonchev–Trinajstić information content (AvgIpc) is 2.41. The zero-order valence-corrected chi connectivity index (χ0v) is 10.9. The Morgan fingerprint density at radius 2 is 1.84 bits per heavy atom. The fourth-order valence-electron chi connectivity index (χ4n) is 3.48. The Balaban J connectivity index is 1.77. The summed E-state index contributed by atoms with van der Waals surface area (Å²) in [6, 6.07) is -0.477. The molecule has 0 spiro atoms. The van der Waals surface area contributed by atoms with Crippen LogP contribution in [0.25, 0.3) is 0 Å². The Kier molecular flexibility index (Phi) is 3.43. The third-order valence-electron chi connectivity index (χ3n) is 4.54. The van der Waals surface area contributed by atoms with Gasteiger partial charge in [-0.15, -0.1) is 0 Å². The van der Waals surface area contributed by atoms with Crippen molar-refractivity contribution in [1.29, 1.82) is 0 Å². The van der Waals surface area contributed by atoms with E-state index in [1.54, 1.807) is 0 Å². The molecule has 2 saturated heterocycles. The van der Waals surface area contributed by atoms with Gasteiger partial charge in [-0.1, -0.05) is 0 Å². The molecule has 3 amide bonds. The molecule has 0 aromatic heterocycles. The van der Waals surface area contributed by atoms with Crippen molar-refractivity contribution in [3.8, 4) is 0 Å². The van der Waals surface area contributed by atoms with Gasteiger partial charge in [0.15, 0.2) is 0 Å². The van der Waals surface area contributed by atoms with Crippen LogP contribution in [-0.4, -0.2) is 48.2 Å². The molecule has 1 aliphatic carbocycles. The molecule has 2 heterocycles. The third-order valence-corrected chi connectivity index (χ3v) is 4.54. The van der Waals surface area contributed by atoms with Gasteiger partial charge in [0, 0.05) is 12.1 Å². The Labute approximate surface area is 111 Å². The number of alkyl halides is 1. The summed E-state index contributed by atoms with van der Waals surface area (Å²) in [6.45, 7) is 1.64. The summed E-state index contributed by atoms with van der Waals surface area (Å²) in [5.41, 5.74) is 0.